The van der Waals surface area contributed by atoms with Crippen molar-refractivity contribution in [2.75, 3.05) is 0 Å². The van der Waals surface area contributed by atoms with E-state index in [0.717, 1.165) is 35.5 Å². The zero-order valence-corrected chi connectivity index (χ0v) is 16.8. The molecule has 0 aromatic carbocycles. The first-order valence-electron chi connectivity index (χ1n) is 11.8. The molecule has 0 radical (unpaired) electrons. The van der Waals surface area contributed by atoms with Crippen molar-refractivity contribution in [2.45, 2.75) is 124 Å². The van der Waals surface area contributed by atoms with Gasteiger partial charge in [-0.2, -0.15) is 0 Å². The van der Waals surface area contributed by atoms with E-state index in [1.54, 1.807) is 64.2 Å². The summed E-state index contributed by atoms with van der Waals surface area (Å²) in [6.07, 6.45) is 24.7. The Labute approximate surface area is 159 Å². The van der Waals surface area contributed by atoms with Crippen LogP contribution in [0.15, 0.2) is 0 Å². The van der Waals surface area contributed by atoms with Crippen LogP contribution in [0.3, 0.4) is 0 Å². The summed E-state index contributed by atoms with van der Waals surface area (Å²) in [5.74, 6) is 6.53. The van der Waals surface area contributed by atoms with Gasteiger partial charge < -0.3 is 0 Å². The van der Waals surface area contributed by atoms with E-state index >= 15 is 0 Å². The number of hydrogen-bond donors (Lipinski definition) is 0. The fourth-order valence-electron chi connectivity index (χ4n) is 6.40. The summed E-state index contributed by atoms with van der Waals surface area (Å²) in [6.45, 7) is 4.78. The molecule has 0 heteroatoms. The molecular weight excluding hydrogens is 300 g/mol. The lowest BCUT2D eigenvalue weighted by Crippen LogP contribution is -2.23. The van der Waals surface area contributed by atoms with Crippen LogP contribution in [0.4, 0.5) is 0 Å². The van der Waals surface area contributed by atoms with Crippen LogP contribution in [-0.4, -0.2) is 0 Å². The van der Waals surface area contributed by atoms with Gasteiger partial charge in [-0.1, -0.05) is 111 Å². The second-order valence-electron chi connectivity index (χ2n) is 9.95. The van der Waals surface area contributed by atoms with E-state index in [4.69, 9.17) is 0 Å². The highest BCUT2D eigenvalue weighted by molar-refractivity contribution is 4.81. The quantitative estimate of drug-likeness (QED) is 0.450. The van der Waals surface area contributed by atoms with Crippen molar-refractivity contribution >= 4 is 0 Å². The van der Waals surface area contributed by atoms with Gasteiger partial charge in [0.25, 0.3) is 0 Å². The van der Waals surface area contributed by atoms with Crippen molar-refractivity contribution in [3.8, 4) is 0 Å². The van der Waals surface area contributed by atoms with Crippen LogP contribution in [0.1, 0.15) is 124 Å². The SMILES string of the molecule is C.CCC1CCC(CC2CCC(CC3CCC(CC)CC3)CC2)CC1. The Kier molecular flexibility index (Phi) is 9.36. The maximum atomic E-state index is 2.39. The average Bonchev–Trinajstić information content (AvgIpc) is 2.65. The third-order valence-electron chi connectivity index (χ3n) is 8.39. The summed E-state index contributed by atoms with van der Waals surface area (Å²) >= 11 is 0. The van der Waals surface area contributed by atoms with Gasteiger partial charge >= 0.3 is 0 Å². The van der Waals surface area contributed by atoms with Crippen molar-refractivity contribution in [2.24, 2.45) is 35.5 Å². The minimum atomic E-state index is 0. The monoisotopic (exact) mass is 348 g/mol. The molecule has 0 heterocycles. The van der Waals surface area contributed by atoms with Gasteiger partial charge in [-0.3, -0.25) is 0 Å². The molecular formula is C25H48. The van der Waals surface area contributed by atoms with Gasteiger partial charge in [-0.15, -0.1) is 0 Å². The Hall–Kier alpha value is 0. The molecule has 25 heavy (non-hydrogen) atoms. The molecule has 0 unspecified atom stereocenters. The molecule has 3 rings (SSSR count). The van der Waals surface area contributed by atoms with Crippen molar-refractivity contribution in [3.63, 3.8) is 0 Å². The molecule has 0 spiro atoms. The van der Waals surface area contributed by atoms with E-state index in [9.17, 15) is 0 Å². The smallest absolute Gasteiger partial charge is 0.0411 e. The highest BCUT2D eigenvalue weighted by Crippen LogP contribution is 2.42. The molecule has 0 aromatic rings. The van der Waals surface area contributed by atoms with E-state index in [1.165, 1.54) is 38.5 Å². The van der Waals surface area contributed by atoms with E-state index < -0.39 is 0 Å². The molecule has 0 N–H and O–H groups in total. The van der Waals surface area contributed by atoms with Crippen LogP contribution in [0, 0.1) is 35.5 Å². The van der Waals surface area contributed by atoms with Gasteiger partial charge in [0, 0.05) is 0 Å². The van der Waals surface area contributed by atoms with E-state index in [2.05, 4.69) is 13.8 Å². The molecule has 0 aliphatic heterocycles. The second-order valence-corrected chi connectivity index (χ2v) is 9.95. The maximum absolute atomic E-state index is 2.39. The standard InChI is InChI=1S/C24H44.CH4/c1-3-19-5-9-21(10-6-19)17-23-13-15-24(16-14-23)18-22-11-7-20(4-2)8-12-22;/h19-24H,3-18H2,1-2H3;1H4. The van der Waals surface area contributed by atoms with Crippen LogP contribution < -0.4 is 0 Å². The first-order chi connectivity index (χ1) is 11.8. The van der Waals surface area contributed by atoms with Crippen molar-refractivity contribution in [3.05, 3.63) is 0 Å². The molecule has 0 saturated heterocycles. The molecule has 3 fully saturated rings. The summed E-state index contributed by atoms with van der Waals surface area (Å²) in [6, 6.07) is 0. The minimum absolute atomic E-state index is 0. The van der Waals surface area contributed by atoms with Gasteiger partial charge in [-0.05, 0) is 48.3 Å². The Morgan fingerprint density at radius 1 is 0.400 bits per heavy atom. The summed E-state index contributed by atoms with van der Waals surface area (Å²) in [7, 11) is 0. The van der Waals surface area contributed by atoms with Crippen molar-refractivity contribution in [1.29, 1.82) is 0 Å². The largest absolute Gasteiger partial charge is 0.0776 e. The van der Waals surface area contributed by atoms with Gasteiger partial charge in [0.2, 0.25) is 0 Å². The van der Waals surface area contributed by atoms with Crippen LogP contribution in [0.5, 0.6) is 0 Å². The zero-order valence-electron chi connectivity index (χ0n) is 16.8. The normalized spacial score (nSPS) is 39.6. The third kappa shape index (κ3) is 6.59. The molecule has 0 aromatic heterocycles. The molecule has 148 valence electrons. The Balaban J connectivity index is 0.00000225. The lowest BCUT2D eigenvalue weighted by atomic mass is 9.70. The first-order valence-corrected chi connectivity index (χ1v) is 11.8. The topological polar surface area (TPSA) is 0 Å². The van der Waals surface area contributed by atoms with Crippen molar-refractivity contribution in [1.82, 2.24) is 0 Å². The van der Waals surface area contributed by atoms with Gasteiger partial charge in [0.15, 0.2) is 0 Å². The molecule has 0 amide bonds. The minimum Gasteiger partial charge on any atom is -0.0776 e. The fourth-order valence-corrected chi connectivity index (χ4v) is 6.40. The molecule has 3 aliphatic carbocycles. The highest BCUT2D eigenvalue weighted by Gasteiger charge is 2.28. The summed E-state index contributed by atoms with van der Waals surface area (Å²) in [4.78, 5) is 0. The molecule has 0 nitrogen and oxygen atoms in total. The molecule has 0 bridgehead atoms. The predicted octanol–water partition coefficient (Wildman–Crippen LogP) is 8.64. The van der Waals surface area contributed by atoms with Crippen LogP contribution >= 0.6 is 0 Å². The summed E-state index contributed by atoms with van der Waals surface area (Å²) < 4.78 is 0. The molecule has 3 aliphatic rings. The lowest BCUT2D eigenvalue weighted by Gasteiger charge is -2.36. The number of hydrogen-bond acceptors (Lipinski definition) is 0. The van der Waals surface area contributed by atoms with Gasteiger partial charge in [0.05, 0.1) is 0 Å². The zero-order chi connectivity index (χ0) is 16.8. The molecule has 0 atom stereocenters. The average molecular weight is 349 g/mol. The van der Waals surface area contributed by atoms with E-state index in [1.807, 2.05) is 0 Å². The highest BCUT2D eigenvalue weighted by atomic mass is 14.3. The predicted molar refractivity (Wildman–Crippen MR) is 113 cm³/mol. The third-order valence-corrected chi connectivity index (χ3v) is 8.39. The Morgan fingerprint density at radius 2 is 0.600 bits per heavy atom. The van der Waals surface area contributed by atoms with Gasteiger partial charge in [-0.25, -0.2) is 0 Å². The molecule has 3 saturated carbocycles. The first kappa shape index (κ1) is 21.3. The Morgan fingerprint density at radius 3 is 0.800 bits per heavy atom. The number of rotatable bonds is 6. The Bertz CT molecular complexity index is 288. The second kappa shape index (κ2) is 11.0. The maximum Gasteiger partial charge on any atom is -0.0411 e. The van der Waals surface area contributed by atoms with Crippen LogP contribution in [0.25, 0.3) is 0 Å². The lowest BCUT2D eigenvalue weighted by molar-refractivity contribution is 0.163. The van der Waals surface area contributed by atoms with Crippen LogP contribution in [-0.2, 0) is 0 Å². The van der Waals surface area contributed by atoms with Crippen molar-refractivity contribution < 1.29 is 0 Å². The van der Waals surface area contributed by atoms with Gasteiger partial charge in [0.1, 0.15) is 0 Å². The summed E-state index contributed by atoms with van der Waals surface area (Å²) in [5, 5.41) is 0. The fraction of sp³-hybridized carbons (Fsp3) is 1.00. The van der Waals surface area contributed by atoms with E-state index in [-0.39, 0.29) is 7.43 Å². The summed E-state index contributed by atoms with van der Waals surface area (Å²) in [5.41, 5.74) is 0. The van der Waals surface area contributed by atoms with Crippen LogP contribution in [0.2, 0.25) is 0 Å². The van der Waals surface area contributed by atoms with E-state index in [0.29, 0.717) is 0 Å².